The maximum Gasteiger partial charge on any atom is 0.120 e. The number of methoxy groups -OCH3 is 1. The Morgan fingerprint density at radius 3 is 2.59 bits per heavy atom. The summed E-state index contributed by atoms with van der Waals surface area (Å²) in [5.74, 6) is 0.785. The average Bonchev–Trinajstić information content (AvgIpc) is 2.27. The van der Waals surface area contributed by atoms with Gasteiger partial charge < -0.3 is 15.4 Å². The van der Waals surface area contributed by atoms with Gasteiger partial charge in [0.1, 0.15) is 5.75 Å². The van der Waals surface area contributed by atoms with Crippen LogP contribution in [-0.4, -0.2) is 26.2 Å². The summed E-state index contributed by atoms with van der Waals surface area (Å²) in [4.78, 5) is 0. The molecule has 0 aliphatic heterocycles. The van der Waals surface area contributed by atoms with E-state index in [-0.39, 0.29) is 5.54 Å². The lowest BCUT2D eigenvalue weighted by atomic mass is 10.1. The number of rotatable bonds is 6. The SMILES string of the molecule is CNCC(C)(C)NCc1ccc(OC)cc1Cl. The quantitative estimate of drug-likeness (QED) is 0.820. The number of ether oxygens (including phenoxy) is 1. The van der Waals surface area contributed by atoms with Crippen LogP contribution in [-0.2, 0) is 6.54 Å². The molecule has 4 heteroatoms. The number of likely N-dealkylation sites (N-methyl/N-ethyl adjacent to an activating group) is 1. The van der Waals surface area contributed by atoms with Crippen molar-refractivity contribution in [3.63, 3.8) is 0 Å². The highest BCUT2D eigenvalue weighted by Gasteiger charge is 2.15. The van der Waals surface area contributed by atoms with Crippen LogP contribution in [0.3, 0.4) is 0 Å². The fourth-order valence-electron chi connectivity index (χ4n) is 1.64. The average molecular weight is 257 g/mol. The first-order valence-electron chi connectivity index (χ1n) is 5.70. The van der Waals surface area contributed by atoms with Crippen LogP contribution in [0.4, 0.5) is 0 Å². The molecule has 3 nitrogen and oxygen atoms in total. The van der Waals surface area contributed by atoms with Crippen LogP contribution < -0.4 is 15.4 Å². The minimum atomic E-state index is 0.0397. The molecule has 1 aromatic rings. The molecule has 2 N–H and O–H groups in total. The molecule has 0 fully saturated rings. The first kappa shape index (κ1) is 14.3. The molecule has 0 aliphatic carbocycles. The van der Waals surface area contributed by atoms with Gasteiger partial charge in [0.2, 0.25) is 0 Å². The molecule has 1 aromatic carbocycles. The third-order valence-corrected chi connectivity index (χ3v) is 2.99. The van der Waals surface area contributed by atoms with Crippen molar-refractivity contribution in [1.29, 1.82) is 0 Å². The van der Waals surface area contributed by atoms with Crippen LogP contribution in [0.15, 0.2) is 18.2 Å². The van der Waals surface area contributed by atoms with E-state index >= 15 is 0 Å². The Bertz CT molecular complexity index is 366. The molecule has 0 aromatic heterocycles. The van der Waals surface area contributed by atoms with Crippen LogP contribution in [0.2, 0.25) is 5.02 Å². The third-order valence-electron chi connectivity index (χ3n) is 2.64. The number of hydrogen-bond donors (Lipinski definition) is 2. The molecule has 0 aliphatic rings. The topological polar surface area (TPSA) is 33.3 Å². The van der Waals surface area contributed by atoms with Crippen molar-refractivity contribution in [2.75, 3.05) is 20.7 Å². The maximum absolute atomic E-state index is 6.18. The molecule has 0 amide bonds. The molecule has 0 spiro atoms. The molecule has 1 rings (SSSR count). The summed E-state index contributed by atoms with van der Waals surface area (Å²) in [6, 6.07) is 5.75. The fourth-order valence-corrected chi connectivity index (χ4v) is 1.87. The summed E-state index contributed by atoms with van der Waals surface area (Å²) in [7, 11) is 3.59. The molecular weight excluding hydrogens is 236 g/mol. The summed E-state index contributed by atoms with van der Waals surface area (Å²) < 4.78 is 5.12. The van der Waals surface area contributed by atoms with Crippen LogP contribution in [0, 0.1) is 0 Å². The lowest BCUT2D eigenvalue weighted by molar-refractivity contribution is 0.373. The lowest BCUT2D eigenvalue weighted by Gasteiger charge is -2.26. The first-order valence-corrected chi connectivity index (χ1v) is 6.08. The molecule has 0 saturated heterocycles. The summed E-state index contributed by atoms with van der Waals surface area (Å²) in [6.45, 7) is 5.96. The van der Waals surface area contributed by atoms with Gasteiger partial charge in [-0.3, -0.25) is 0 Å². The standard InChI is InChI=1S/C13H21ClN2O/c1-13(2,9-15-3)16-8-10-5-6-11(17-4)7-12(10)14/h5-7,15-16H,8-9H2,1-4H3. The van der Waals surface area contributed by atoms with Gasteiger partial charge in [-0.05, 0) is 38.6 Å². The zero-order valence-corrected chi connectivity index (χ0v) is 11.7. The monoisotopic (exact) mass is 256 g/mol. The van der Waals surface area contributed by atoms with E-state index in [2.05, 4.69) is 24.5 Å². The molecule has 0 atom stereocenters. The normalized spacial score (nSPS) is 11.6. The predicted molar refractivity (Wildman–Crippen MR) is 72.8 cm³/mol. The van der Waals surface area contributed by atoms with E-state index in [1.807, 2.05) is 25.2 Å². The van der Waals surface area contributed by atoms with E-state index in [4.69, 9.17) is 16.3 Å². The molecule has 0 radical (unpaired) electrons. The van der Waals surface area contributed by atoms with Gasteiger partial charge in [-0.15, -0.1) is 0 Å². The Kier molecular flexibility index (Phi) is 5.25. The number of benzene rings is 1. The van der Waals surface area contributed by atoms with E-state index in [9.17, 15) is 0 Å². The van der Waals surface area contributed by atoms with Crippen LogP contribution in [0.1, 0.15) is 19.4 Å². The van der Waals surface area contributed by atoms with Gasteiger partial charge in [0.15, 0.2) is 0 Å². The lowest BCUT2D eigenvalue weighted by Crippen LogP contribution is -2.46. The van der Waals surface area contributed by atoms with Gasteiger partial charge in [-0.2, -0.15) is 0 Å². The van der Waals surface area contributed by atoms with Crippen molar-refractivity contribution in [2.24, 2.45) is 0 Å². The van der Waals surface area contributed by atoms with Crippen molar-refractivity contribution in [3.05, 3.63) is 28.8 Å². The van der Waals surface area contributed by atoms with Gasteiger partial charge in [0.25, 0.3) is 0 Å². The Labute approximate surface area is 109 Å². The van der Waals surface area contributed by atoms with Gasteiger partial charge in [-0.25, -0.2) is 0 Å². The van der Waals surface area contributed by atoms with E-state index in [0.29, 0.717) is 0 Å². The number of hydrogen-bond acceptors (Lipinski definition) is 3. The summed E-state index contributed by atoms with van der Waals surface area (Å²) in [5.41, 5.74) is 1.12. The number of halogens is 1. The highest BCUT2D eigenvalue weighted by Crippen LogP contribution is 2.22. The maximum atomic E-state index is 6.18. The van der Waals surface area contributed by atoms with E-state index in [1.54, 1.807) is 7.11 Å². The molecule has 0 heterocycles. The Balaban J connectivity index is 2.63. The summed E-state index contributed by atoms with van der Waals surface area (Å²) in [5, 5.41) is 7.36. The zero-order valence-electron chi connectivity index (χ0n) is 10.9. The van der Waals surface area contributed by atoms with Gasteiger partial charge in [-0.1, -0.05) is 17.7 Å². The largest absolute Gasteiger partial charge is 0.497 e. The minimum Gasteiger partial charge on any atom is -0.497 e. The second kappa shape index (κ2) is 6.24. The second-order valence-electron chi connectivity index (χ2n) is 4.73. The van der Waals surface area contributed by atoms with Gasteiger partial charge in [0.05, 0.1) is 7.11 Å². The fraction of sp³-hybridized carbons (Fsp3) is 0.538. The molecule has 0 saturated carbocycles. The Hall–Kier alpha value is -0.770. The zero-order chi connectivity index (χ0) is 12.9. The van der Waals surface area contributed by atoms with Gasteiger partial charge >= 0.3 is 0 Å². The number of nitrogens with one attached hydrogen (secondary N) is 2. The highest BCUT2D eigenvalue weighted by atomic mass is 35.5. The summed E-state index contributed by atoms with van der Waals surface area (Å²) >= 11 is 6.18. The van der Waals surface area contributed by atoms with Crippen LogP contribution in [0.25, 0.3) is 0 Å². The van der Waals surface area contributed by atoms with Crippen molar-refractivity contribution in [2.45, 2.75) is 25.9 Å². The van der Waals surface area contributed by atoms with Crippen molar-refractivity contribution in [3.8, 4) is 5.75 Å². The Morgan fingerprint density at radius 2 is 2.06 bits per heavy atom. The second-order valence-corrected chi connectivity index (χ2v) is 5.13. The summed E-state index contributed by atoms with van der Waals surface area (Å²) in [6.07, 6.45) is 0. The molecule has 0 bridgehead atoms. The van der Waals surface area contributed by atoms with Crippen molar-refractivity contribution in [1.82, 2.24) is 10.6 Å². The van der Waals surface area contributed by atoms with Crippen molar-refractivity contribution < 1.29 is 4.74 Å². The first-order chi connectivity index (χ1) is 7.98. The molecule has 96 valence electrons. The predicted octanol–water partition coefficient (Wildman–Crippen LogP) is 2.44. The third kappa shape index (κ3) is 4.54. The van der Waals surface area contributed by atoms with E-state index in [1.165, 1.54) is 0 Å². The molecular formula is C13H21ClN2O. The molecule has 17 heavy (non-hydrogen) atoms. The van der Waals surface area contributed by atoms with Crippen molar-refractivity contribution >= 4 is 11.6 Å². The van der Waals surface area contributed by atoms with E-state index in [0.717, 1.165) is 29.4 Å². The highest BCUT2D eigenvalue weighted by molar-refractivity contribution is 6.31. The van der Waals surface area contributed by atoms with E-state index < -0.39 is 0 Å². The molecule has 0 unspecified atom stereocenters. The van der Waals surface area contributed by atoms with Gasteiger partial charge in [0, 0.05) is 23.7 Å². The van der Waals surface area contributed by atoms with Crippen LogP contribution in [0.5, 0.6) is 5.75 Å². The van der Waals surface area contributed by atoms with Crippen LogP contribution >= 0.6 is 11.6 Å². The smallest absolute Gasteiger partial charge is 0.120 e. The Morgan fingerprint density at radius 1 is 1.35 bits per heavy atom. The minimum absolute atomic E-state index is 0.0397.